The minimum atomic E-state index is -0.160. The van der Waals surface area contributed by atoms with Gasteiger partial charge < -0.3 is 24.8 Å². The van der Waals surface area contributed by atoms with Crippen LogP contribution in [0.1, 0.15) is 24.8 Å². The van der Waals surface area contributed by atoms with Crippen molar-refractivity contribution < 1.29 is 9.53 Å². The quantitative estimate of drug-likeness (QED) is 0.365. The number of rotatable bonds is 4. The van der Waals surface area contributed by atoms with E-state index in [1.807, 2.05) is 39.9 Å². The minimum Gasteiger partial charge on any atom is -0.495 e. The fourth-order valence-electron chi connectivity index (χ4n) is 6.27. The van der Waals surface area contributed by atoms with E-state index in [2.05, 4.69) is 45.4 Å². The molecule has 3 aliphatic heterocycles. The topological polar surface area (TPSA) is 101 Å². The number of hydrogen-bond acceptors (Lipinski definition) is 8. The van der Waals surface area contributed by atoms with Gasteiger partial charge in [0.15, 0.2) is 5.65 Å². The predicted molar refractivity (Wildman–Crippen MR) is 168 cm³/mol. The van der Waals surface area contributed by atoms with Crippen LogP contribution in [0.4, 0.5) is 23.0 Å². The number of hydrogen-bond donors (Lipinski definition) is 1. The van der Waals surface area contributed by atoms with E-state index >= 15 is 0 Å². The number of piperazine rings is 1. The number of ether oxygens (including phenoxy) is 1. The lowest BCUT2D eigenvalue weighted by atomic mass is 10.00. The number of allylic oxidation sites excluding steroid dienone is 2. The molecule has 0 atom stereocenters. The van der Waals surface area contributed by atoms with Crippen LogP contribution in [0.5, 0.6) is 5.75 Å². The Balaban J connectivity index is 1.28. The molecule has 3 aliphatic rings. The highest BCUT2D eigenvalue weighted by atomic mass is 16.5. The van der Waals surface area contributed by atoms with Crippen LogP contribution in [-0.2, 0) is 17.8 Å². The monoisotopic (exact) mass is 580 g/mol. The predicted octanol–water partition coefficient (Wildman–Crippen LogP) is 3.72. The number of nitrogens with zero attached hydrogens (tertiary/aromatic N) is 7. The van der Waals surface area contributed by atoms with Crippen LogP contribution < -0.4 is 25.4 Å². The number of carbonyl (C=O) groups is 1. The number of nitrogens with one attached hydrogen (secondary N) is 1. The van der Waals surface area contributed by atoms with Crippen molar-refractivity contribution >= 4 is 40.0 Å². The molecular formula is C32H36N8O3. The van der Waals surface area contributed by atoms with Gasteiger partial charge in [-0.15, -0.1) is 0 Å². The lowest BCUT2D eigenvalue weighted by Crippen LogP contribution is -2.44. The van der Waals surface area contributed by atoms with Gasteiger partial charge in [0.25, 0.3) is 5.56 Å². The number of methoxy groups -OCH3 is 1. The number of likely N-dealkylation sites (N-methyl/N-ethyl adjacent to an activating group) is 1. The molecular weight excluding hydrogens is 544 g/mol. The SMILES string of the molecule is COc1cc(Nc2ncc3c(=O)n4n(c3n2)-c2ccc3c(c2)N(CCCC=CC4)C(=O)CC3)ccc1N1CCN(C)CC1. The zero-order valence-electron chi connectivity index (χ0n) is 24.6. The van der Waals surface area contributed by atoms with Gasteiger partial charge in [0, 0.05) is 62.8 Å². The Kier molecular flexibility index (Phi) is 7.10. The fraction of sp³-hybridized carbons (Fsp3) is 0.375. The summed E-state index contributed by atoms with van der Waals surface area (Å²) >= 11 is 0. The van der Waals surface area contributed by atoms with Gasteiger partial charge in [-0.2, -0.15) is 4.98 Å². The summed E-state index contributed by atoms with van der Waals surface area (Å²) in [7, 11) is 3.82. The summed E-state index contributed by atoms with van der Waals surface area (Å²) < 4.78 is 9.30. The summed E-state index contributed by atoms with van der Waals surface area (Å²) in [4.78, 5) is 42.4. The number of anilines is 4. The second-order valence-corrected chi connectivity index (χ2v) is 11.4. The van der Waals surface area contributed by atoms with Crippen molar-refractivity contribution in [1.82, 2.24) is 24.2 Å². The smallest absolute Gasteiger partial charge is 0.278 e. The van der Waals surface area contributed by atoms with E-state index in [0.29, 0.717) is 36.5 Å². The van der Waals surface area contributed by atoms with Crippen LogP contribution in [0.2, 0.25) is 0 Å². The summed E-state index contributed by atoms with van der Waals surface area (Å²) in [6.45, 7) is 4.98. The first-order chi connectivity index (χ1) is 21.0. The Bertz CT molecular complexity index is 1780. The molecule has 0 spiro atoms. The highest BCUT2D eigenvalue weighted by molar-refractivity contribution is 5.97. The molecule has 1 N–H and O–H groups in total. The molecule has 0 unspecified atom stereocenters. The molecule has 4 aromatic rings. The van der Waals surface area contributed by atoms with Gasteiger partial charge in [-0.3, -0.25) is 9.59 Å². The van der Waals surface area contributed by atoms with E-state index in [-0.39, 0.29) is 11.5 Å². The van der Waals surface area contributed by atoms with Gasteiger partial charge in [0.2, 0.25) is 11.9 Å². The number of benzene rings is 2. The maximum Gasteiger partial charge on any atom is 0.278 e. The van der Waals surface area contributed by atoms with Gasteiger partial charge in [-0.25, -0.2) is 14.3 Å². The number of fused-ring (bicyclic) bond motifs is 5. The third-order valence-corrected chi connectivity index (χ3v) is 8.67. The first-order valence-electron chi connectivity index (χ1n) is 15.0. The number of carbonyl (C=O) groups excluding carboxylic acids is 1. The summed E-state index contributed by atoms with van der Waals surface area (Å²) in [6.07, 6.45) is 8.61. The maximum atomic E-state index is 13.6. The highest BCUT2D eigenvalue weighted by Gasteiger charge is 2.26. The van der Waals surface area contributed by atoms with Gasteiger partial charge in [0.1, 0.15) is 11.1 Å². The fourth-order valence-corrected chi connectivity index (χ4v) is 6.27. The first-order valence-corrected chi connectivity index (χ1v) is 15.0. The Morgan fingerprint density at radius 2 is 1.79 bits per heavy atom. The Morgan fingerprint density at radius 3 is 2.63 bits per heavy atom. The zero-order valence-corrected chi connectivity index (χ0v) is 24.6. The molecule has 1 saturated heterocycles. The second kappa shape index (κ2) is 11.2. The average Bonchev–Trinajstić information content (AvgIpc) is 3.29. The Morgan fingerprint density at radius 1 is 0.930 bits per heavy atom. The highest BCUT2D eigenvalue weighted by Crippen LogP contribution is 2.34. The van der Waals surface area contributed by atoms with Crippen LogP contribution >= 0.6 is 0 Å². The molecule has 43 heavy (non-hydrogen) atoms. The van der Waals surface area contributed by atoms with Crippen LogP contribution in [0, 0.1) is 0 Å². The lowest BCUT2D eigenvalue weighted by molar-refractivity contribution is -0.118. The lowest BCUT2D eigenvalue weighted by Gasteiger charge is -2.34. The van der Waals surface area contributed by atoms with Crippen molar-refractivity contribution in [3.05, 3.63) is 70.7 Å². The summed E-state index contributed by atoms with van der Waals surface area (Å²) in [5, 5.41) is 3.75. The standard InChI is InChI=1S/C32H36N8O3/c1-36-15-17-37(18-16-36)26-11-9-23(19-28(26)43-2)34-32-33-21-25-30(35-32)40-24-10-7-22-8-12-29(41)38(27(22)20-24)13-5-3-4-6-14-39(40)31(25)42/h4,6-7,9-11,19-21H,3,5,8,12-18H2,1-2H3,(H,33,34,35). The number of aromatic nitrogens is 4. The minimum absolute atomic E-state index is 0.142. The molecule has 11 heteroatoms. The van der Waals surface area contributed by atoms with Crippen LogP contribution in [0.15, 0.2) is 59.5 Å². The number of aryl methyl sites for hydroxylation is 1. The van der Waals surface area contributed by atoms with Crippen LogP contribution in [0.3, 0.4) is 0 Å². The zero-order chi connectivity index (χ0) is 29.5. The first kappa shape index (κ1) is 27.2. The molecule has 5 heterocycles. The normalized spacial score (nSPS) is 17.4. The molecule has 0 saturated carbocycles. The third-order valence-electron chi connectivity index (χ3n) is 8.67. The number of amides is 1. The molecule has 2 aromatic carbocycles. The van der Waals surface area contributed by atoms with E-state index in [0.717, 1.165) is 79.5 Å². The van der Waals surface area contributed by atoms with Crippen molar-refractivity contribution in [3.63, 3.8) is 0 Å². The molecule has 1 fully saturated rings. The van der Waals surface area contributed by atoms with E-state index in [1.165, 1.54) is 0 Å². The summed E-state index contributed by atoms with van der Waals surface area (Å²) in [6, 6.07) is 12.1. The summed E-state index contributed by atoms with van der Waals surface area (Å²) in [5.74, 6) is 1.29. The Labute approximate surface area is 250 Å². The van der Waals surface area contributed by atoms with E-state index < -0.39 is 0 Å². The maximum absolute atomic E-state index is 13.6. The molecule has 0 radical (unpaired) electrons. The van der Waals surface area contributed by atoms with Gasteiger partial charge in [-0.1, -0.05) is 18.2 Å². The van der Waals surface area contributed by atoms with Crippen molar-refractivity contribution in [1.29, 1.82) is 0 Å². The van der Waals surface area contributed by atoms with Crippen LogP contribution in [-0.4, -0.2) is 77.0 Å². The van der Waals surface area contributed by atoms with Crippen molar-refractivity contribution in [2.45, 2.75) is 32.2 Å². The van der Waals surface area contributed by atoms with Gasteiger partial charge in [0.05, 0.1) is 25.0 Å². The molecule has 0 aliphatic carbocycles. The van der Waals surface area contributed by atoms with E-state index in [9.17, 15) is 9.59 Å². The van der Waals surface area contributed by atoms with Crippen molar-refractivity contribution in [3.8, 4) is 11.4 Å². The van der Waals surface area contributed by atoms with Gasteiger partial charge in [-0.05, 0) is 56.1 Å². The van der Waals surface area contributed by atoms with Crippen molar-refractivity contribution in [2.24, 2.45) is 0 Å². The Hall–Kier alpha value is -4.64. The second-order valence-electron chi connectivity index (χ2n) is 11.4. The largest absolute Gasteiger partial charge is 0.495 e. The third kappa shape index (κ3) is 5.03. The van der Waals surface area contributed by atoms with Crippen molar-refractivity contribution in [2.75, 3.05) is 62.0 Å². The molecule has 11 nitrogen and oxygen atoms in total. The molecule has 1 amide bonds. The molecule has 2 aromatic heterocycles. The van der Waals surface area contributed by atoms with Crippen LogP contribution in [0.25, 0.3) is 16.7 Å². The summed E-state index contributed by atoms with van der Waals surface area (Å²) in [5.41, 5.74) is 5.03. The van der Waals surface area contributed by atoms with E-state index in [1.54, 1.807) is 18.0 Å². The average molecular weight is 581 g/mol. The van der Waals surface area contributed by atoms with E-state index in [4.69, 9.17) is 9.72 Å². The molecule has 222 valence electrons. The molecule has 7 rings (SSSR count). The molecule has 2 bridgehead atoms. The van der Waals surface area contributed by atoms with Gasteiger partial charge >= 0.3 is 0 Å².